The summed E-state index contributed by atoms with van der Waals surface area (Å²) in [7, 11) is -4.25. The van der Waals surface area contributed by atoms with Crippen molar-refractivity contribution in [1.82, 2.24) is 4.72 Å². The number of benzene rings is 1. The molecule has 0 unspecified atom stereocenters. The van der Waals surface area contributed by atoms with Crippen LogP contribution in [0.1, 0.15) is 12.5 Å². The quantitative estimate of drug-likeness (QED) is 0.848. The zero-order chi connectivity index (χ0) is 14.7. The molecular formula is C10H12BrF3N2O2S. The van der Waals surface area contributed by atoms with E-state index in [9.17, 15) is 21.6 Å². The summed E-state index contributed by atoms with van der Waals surface area (Å²) in [6, 6.07) is 4.78. The molecule has 0 spiro atoms. The van der Waals surface area contributed by atoms with Gasteiger partial charge in [0.15, 0.2) is 0 Å². The molecule has 0 aliphatic heterocycles. The molecule has 0 amide bonds. The van der Waals surface area contributed by atoms with Gasteiger partial charge in [-0.1, -0.05) is 22.9 Å². The molecule has 1 rings (SSSR count). The van der Waals surface area contributed by atoms with Crippen molar-refractivity contribution in [3.8, 4) is 0 Å². The Hall–Kier alpha value is -0.800. The van der Waals surface area contributed by atoms with Crippen LogP contribution in [0.5, 0.6) is 0 Å². The lowest BCUT2D eigenvalue weighted by Crippen LogP contribution is -2.37. The maximum absolute atomic E-state index is 12.0. The molecule has 108 valence electrons. The fourth-order valence-corrected chi connectivity index (χ4v) is 2.64. The summed E-state index contributed by atoms with van der Waals surface area (Å²) in [5.41, 5.74) is 0.923. The van der Waals surface area contributed by atoms with Crippen molar-refractivity contribution in [2.24, 2.45) is 0 Å². The van der Waals surface area contributed by atoms with Gasteiger partial charge in [-0.05, 0) is 30.2 Å². The molecule has 0 bridgehead atoms. The molecular weight excluding hydrogens is 349 g/mol. The van der Waals surface area contributed by atoms with Crippen molar-refractivity contribution >= 4 is 31.8 Å². The normalized spacial score (nSPS) is 12.5. The Morgan fingerprint density at radius 3 is 2.47 bits per heavy atom. The van der Waals surface area contributed by atoms with Gasteiger partial charge in [-0.3, -0.25) is 4.72 Å². The lowest BCUT2D eigenvalue weighted by molar-refractivity contribution is -0.121. The summed E-state index contributed by atoms with van der Waals surface area (Å²) in [4.78, 5) is 0. The van der Waals surface area contributed by atoms with Crippen molar-refractivity contribution in [2.45, 2.75) is 19.5 Å². The first-order chi connectivity index (χ1) is 8.63. The molecule has 19 heavy (non-hydrogen) atoms. The van der Waals surface area contributed by atoms with Crippen molar-refractivity contribution in [3.05, 3.63) is 28.2 Å². The maximum Gasteiger partial charge on any atom is 0.402 e. The monoisotopic (exact) mass is 360 g/mol. The van der Waals surface area contributed by atoms with Gasteiger partial charge in [0, 0.05) is 4.47 Å². The number of aryl methyl sites for hydroxylation is 1. The van der Waals surface area contributed by atoms with Crippen LogP contribution < -0.4 is 9.44 Å². The predicted molar refractivity (Wildman–Crippen MR) is 70.1 cm³/mol. The van der Waals surface area contributed by atoms with Crippen LogP contribution in [-0.4, -0.2) is 21.1 Å². The van der Waals surface area contributed by atoms with Gasteiger partial charge in [-0.15, -0.1) is 0 Å². The van der Waals surface area contributed by atoms with Gasteiger partial charge in [-0.25, -0.2) is 0 Å². The third-order valence-electron chi connectivity index (χ3n) is 2.16. The van der Waals surface area contributed by atoms with Crippen molar-refractivity contribution in [3.63, 3.8) is 0 Å². The molecule has 0 aliphatic carbocycles. The highest BCUT2D eigenvalue weighted by Crippen LogP contribution is 2.22. The number of alkyl halides is 3. The van der Waals surface area contributed by atoms with Gasteiger partial charge in [0.1, 0.15) is 6.54 Å². The van der Waals surface area contributed by atoms with Gasteiger partial charge >= 0.3 is 6.18 Å². The minimum absolute atomic E-state index is 0.250. The number of hydrogen-bond acceptors (Lipinski definition) is 2. The van der Waals surface area contributed by atoms with Crippen LogP contribution in [0.25, 0.3) is 0 Å². The molecule has 0 radical (unpaired) electrons. The zero-order valence-electron chi connectivity index (χ0n) is 9.88. The highest BCUT2D eigenvalue weighted by molar-refractivity contribution is 9.10. The van der Waals surface area contributed by atoms with E-state index in [1.807, 2.05) is 6.92 Å². The first-order valence-electron chi connectivity index (χ1n) is 5.25. The predicted octanol–water partition coefficient (Wildman–Crippen LogP) is 2.82. The molecule has 2 N–H and O–H groups in total. The second-order valence-corrected chi connectivity index (χ2v) is 6.11. The van der Waals surface area contributed by atoms with Gasteiger partial charge < -0.3 is 0 Å². The number of nitrogens with one attached hydrogen (secondary N) is 2. The van der Waals surface area contributed by atoms with E-state index in [4.69, 9.17) is 0 Å². The van der Waals surface area contributed by atoms with Crippen LogP contribution >= 0.6 is 15.9 Å². The minimum atomic E-state index is -4.60. The van der Waals surface area contributed by atoms with Gasteiger partial charge in [0.25, 0.3) is 10.2 Å². The Balaban J connectivity index is 2.84. The first-order valence-corrected chi connectivity index (χ1v) is 7.53. The minimum Gasteiger partial charge on any atom is -0.271 e. The fraction of sp³-hybridized carbons (Fsp3) is 0.400. The highest BCUT2D eigenvalue weighted by Gasteiger charge is 2.29. The molecule has 9 heteroatoms. The van der Waals surface area contributed by atoms with E-state index in [0.29, 0.717) is 12.0 Å². The van der Waals surface area contributed by atoms with Crippen LogP contribution in [-0.2, 0) is 16.6 Å². The molecule has 0 heterocycles. The van der Waals surface area contributed by atoms with Crippen LogP contribution in [0.3, 0.4) is 0 Å². The van der Waals surface area contributed by atoms with Crippen molar-refractivity contribution in [1.29, 1.82) is 0 Å². The topological polar surface area (TPSA) is 58.2 Å². The molecule has 1 aromatic carbocycles. The number of anilines is 1. The molecule has 0 aliphatic rings. The van der Waals surface area contributed by atoms with Crippen LogP contribution in [0.15, 0.2) is 22.7 Å². The van der Waals surface area contributed by atoms with Gasteiger partial charge in [0.05, 0.1) is 5.69 Å². The lowest BCUT2D eigenvalue weighted by Gasteiger charge is -2.13. The largest absolute Gasteiger partial charge is 0.402 e. The molecule has 0 saturated heterocycles. The number of rotatable bonds is 5. The van der Waals surface area contributed by atoms with E-state index in [0.717, 1.165) is 4.47 Å². The summed E-state index contributed by atoms with van der Waals surface area (Å²) < 4.78 is 63.1. The van der Waals surface area contributed by atoms with Gasteiger partial charge in [0.2, 0.25) is 0 Å². The number of halogens is 4. The molecule has 0 aromatic heterocycles. The van der Waals surface area contributed by atoms with E-state index in [1.165, 1.54) is 10.8 Å². The van der Waals surface area contributed by atoms with Crippen molar-refractivity contribution in [2.75, 3.05) is 11.3 Å². The second kappa shape index (κ2) is 6.10. The van der Waals surface area contributed by atoms with Crippen LogP contribution in [0.4, 0.5) is 18.9 Å². The Labute approximate surface area is 117 Å². The van der Waals surface area contributed by atoms with E-state index in [-0.39, 0.29) is 5.69 Å². The molecule has 0 fully saturated rings. The summed E-state index contributed by atoms with van der Waals surface area (Å²) >= 11 is 3.23. The average molecular weight is 361 g/mol. The summed E-state index contributed by atoms with van der Waals surface area (Å²) in [6.45, 7) is 0.197. The maximum atomic E-state index is 12.0. The molecule has 0 atom stereocenters. The zero-order valence-corrected chi connectivity index (χ0v) is 12.3. The Bertz CT molecular complexity index is 546. The lowest BCUT2D eigenvalue weighted by atomic mass is 10.1. The van der Waals surface area contributed by atoms with Crippen LogP contribution in [0, 0.1) is 0 Å². The standard InChI is InChI=1S/C10H12BrF3N2O2S/c1-2-7-5-8(11)3-4-9(7)16-19(17,18)15-6-10(12,13)14/h3-5,15-16H,2,6H2,1H3. The molecule has 0 saturated carbocycles. The average Bonchev–Trinajstić information content (AvgIpc) is 2.28. The summed E-state index contributed by atoms with van der Waals surface area (Å²) in [5, 5.41) is 0. The second-order valence-electron chi connectivity index (χ2n) is 3.70. The van der Waals surface area contributed by atoms with Crippen LogP contribution in [0.2, 0.25) is 0 Å². The molecule has 4 nitrogen and oxygen atoms in total. The third-order valence-corrected chi connectivity index (χ3v) is 3.66. The SMILES string of the molecule is CCc1cc(Br)ccc1NS(=O)(=O)NCC(F)(F)F. The highest BCUT2D eigenvalue weighted by atomic mass is 79.9. The Morgan fingerprint density at radius 2 is 1.95 bits per heavy atom. The third kappa shape index (κ3) is 5.79. The van der Waals surface area contributed by atoms with E-state index >= 15 is 0 Å². The van der Waals surface area contributed by atoms with E-state index < -0.39 is 22.9 Å². The van der Waals surface area contributed by atoms with Crippen molar-refractivity contribution < 1.29 is 21.6 Å². The summed E-state index contributed by atoms with van der Waals surface area (Å²) in [6.07, 6.45) is -4.06. The smallest absolute Gasteiger partial charge is 0.271 e. The summed E-state index contributed by atoms with van der Waals surface area (Å²) in [5.74, 6) is 0. The fourth-order valence-electron chi connectivity index (χ4n) is 1.31. The molecule has 1 aromatic rings. The number of hydrogen-bond donors (Lipinski definition) is 2. The van der Waals surface area contributed by atoms with E-state index in [1.54, 1.807) is 12.1 Å². The van der Waals surface area contributed by atoms with E-state index in [2.05, 4.69) is 20.7 Å². The first kappa shape index (κ1) is 16.3. The Morgan fingerprint density at radius 1 is 1.32 bits per heavy atom. The Kier molecular flexibility index (Phi) is 5.22. The van der Waals surface area contributed by atoms with Gasteiger partial charge in [-0.2, -0.15) is 26.3 Å².